The third-order valence-electron chi connectivity index (χ3n) is 8.25. The molecule has 0 N–H and O–H groups in total. The zero-order valence-electron chi connectivity index (χ0n) is 23.4. The molecule has 1 aliphatic carbocycles. The molecular formula is C35H38O2S. The molecule has 196 valence electrons. The monoisotopic (exact) mass is 522 g/mol. The van der Waals surface area contributed by atoms with E-state index in [4.69, 9.17) is 9.47 Å². The van der Waals surface area contributed by atoms with E-state index in [9.17, 15) is 0 Å². The second-order valence-corrected chi connectivity index (χ2v) is 12.7. The Kier molecular flexibility index (Phi) is 7.30. The van der Waals surface area contributed by atoms with Crippen LogP contribution in [0.5, 0.6) is 0 Å². The van der Waals surface area contributed by atoms with Gasteiger partial charge in [-0.2, -0.15) is 11.8 Å². The summed E-state index contributed by atoms with van der Waals surface area (Å²) < 4.78 is 13.2. The zero-order valence-corrected chi connectivity index (χ0v) is 24.2. The fourth-order valence-corrected chi connectivity index (χ4v) is 5.95. The van der Waals surface area contributed by atoms with Crippen molar-refractivity contribution in [2.75, 3.05) is 13.4 Å². The van der Waals surface area contributed by atoms with Crippen LogP contribution in [0.1, 0.15) is 61.1 Å². The normalized spacial score (nSPS) is 16.8. The summed E-state index contributed by atoms with van der Waals surface area (Å²) in [6.07, 6.45) is 3.21. The topological polar surface area (TPSA) is 18.5 Å². The maximum Gasteiger partial charge on any atom is 0.116 e. The molecule has 0 saturated heterocycles. The predicted molar refractivity (Wildman–Crippen MR) is 161 cm³/mol. The van der Waals surface area contributed by atoms with Crippen LogP contribution in [0.3, 0.4) is 0 Å². The smallest absolute Gasteiger partial charge is 0.116 e. The Morgan fingerprint density at radius 1 is 0.711 bits per heavy atom. The Bertz CT molecular complexity index is 1370. The molecule has 0 saturated carbocycles. The lowest BCUT2D eigenvalue weighted by Gasteiger charge is -2.32. The third-order valence-corrected chi connectivity index (χ3v) is 9.50. The lowest BCUT2D eigenvalue weighted by Crippen LogP contribution is -2.27. The molecule has 0 spiro atoms. The highest BCUT2D eigenvalue weighted by molar-refractivity contribution is 7.99. The first kappa shape index (κ1) is 26.7. The minimum Gasteiger partial charge on any atom is -0.369 e. The Hall–Kier alpha value is -2.85. The zero-order chi connectivity index (χ0) is 27.0. The summed E-state index contributed by atoms with van der Waals surface area (Å²) in [5.41, 5.74) is 8.68. The van der Waals surface area contributed by atoms with Crippen LogP contribution in [-0.4, -0.2) is 18.1 Å². The number of thioether (sulfide) groups is 1. The maximum atomic E-state index is 6.77. The summed E-state index contributed by atoms with van der Waals surface area (Å²) in [7, 11) is 1.82. The Labute approximate surface area is 232 Å². The van der Waals surface area contributed by atoms with Crippen LogP contribution in [0.4, 0.5) is 0 Å². The minimum absolute atomic E-state index is 0.192. The standard InChI is InChI=1S/C35H38O2S/c1-33(2,38-6)23-25-17-19-29-30-20-18-26(22-32(30)35(4,36-5)31(29)21-25)24-37-34(3,27-13-9-7-10-14-27)28-15-11-8-12-16-28/h7-22H,23-24H2,1-6H3/t35-/m1/s1. The van der Waals surface area contributed by atoms with Gasteiger partial charge in [0, 0.05) is 11.9 Å². The summed E-state index contributed by atoms with van der Waals surface area (Å²) in [6.45, 7) is 9.47. The van der Waals surface area contributed by atoms with Gasteiger partial charge in [-0.15, -0.1) is 0 Å². The highest BCUT2D eigenvalue weighted by atomic mass is 32.2. The first-order valence-electron chi connectivity index (χ1n) is 13.3. The largest absolute Gasteiger partial charge is 0.369 e. The Balaban J connectivity index is 1.47. The molecule has 0 aromatic heterocycles. The van der Waals surface area contributed by atoms with Gasteiger partial charge < -0.3 is 9.47 Å². The summed E-state index contributed by atoms with van der Waals surface area (Å²) in [5.74, 6) is 0. The van der Waals surface area contributed by atoms with Gasteiger partial charge in [-0.3, -0.25) is 0 Å². The summed E-state index contributed by atoms with van der Waals surface area (Å²) in [4.78, 5) is 0. The van der Waals surface area contributed by atoms with Crippen LogP contribution in [-0.2, 0) is 33.7 Å². The number of methoxy groups -OCH3 is 1. The molecule has 5 rings (SSSR count). The van der Waals surface area contributed by atoms with Crippen molar-refractivity contribution < 1.29 is 9.47 Å². The second-order valence-electron chi connectivity index (χ2n) is 11.2. The van der Waals surface area contributed by atoms with Gasteiger partial charge in [-0.25, -0.2) is 0 Å². The van der Waals surface area contributed by atoms with E-state index < -0.39 is 11.2 Å². The SMILES string of the molecule is CO[C@@]1(C)c2cc(COC(C)(c3ccccc3)c3ccccc3)ccc2-c2ccc(CC(C)(C)SC)cc21. The quantitative estimate of drug-likeness (QED) is 0.219. The Morgan fingerprint density at radius 3 is 1.71 bits per heavy atom. The van der Waals surface area contributed by atoms with Crippen LogP contribution in [0.25, 0.3) is 11.1 Å². The van der Waals surface area contributed by atoms with Crippen molar-refractivity contribution in [3.63, 3.8) is 0 Å². The molecular weight excluding hydrogens is 484 g/mol. The van der Waals surface area contributed by atoms with Crippen molar-refractivity contribution in [1.29, 1.82) is 0 Å². The van der Waals surface area contributed by atoms with E-state index in [1.165, 1.54) is 27.8 Å². The van der Waals surface area contributed by atoms with Gasteiger partial charge in [0.25, 0.3) is 0 Å². The molecule has 0 radical (unpaired) electrons. The lowest BCUT2D eigenvalue weighted by molar-refractivity contribution is -0.0167. The third kappa shape index (κ3) is 4.84. The molecule has 3 heteroatoms. The lowest BCUT2D eigenvalue weighted by atomic mass is 9.87. The predicted octanol–water partition coefficient (Wildman–Crippen LogP) is 8.74. The van der Waals surface area contributed by atoms with Crippen molar-refractivity contribution in [1.82, 2.24) is 0 Å². The molecule has 4 aromatic carbocycles. The van der Waals surface area contributed by atoms with E-state index in [1.54, 1.807) is 0 Å². The molecule has 0 heterocycles. The average Bonchev–Trinajstić information content (AvgIpc) is 3.20. The number of hydrogen-bond donors (Lipinski definition) is 0. The fraction of sp³-hybridized carbons (Fsp3) is 0.314. The van der Waals surface area contributed by atoms with Gasteiger partial charge >= 0.3 is 0 Å². The van der Waals surface area contributed by atoms with Crippen molar-refractivity contribution in [3.05, 3.63) is 130 Å². The molecule has 0 fully saturated rings. The van der Waals surface area contributed by atoms with Gasteiger partial charge in [-0.1, -0.05) is 105 Å². The molecule has 38 heavy (non-hydrogen) atoms. The molecule has 4 aromatic rings. The number of fused-ring (bicyclic) bond motifs is 3. The van der Waals surface area contributed by atoms with Crippen molar-refractivity contribution in [3.8, 4) is 11.1 Å². The second kappa shape index (κ2) is 10.4. The van der Waals surface area contributed by atoms with Crippen molar-refractivity contribution >= 4 is 11.8 Å². The highest BCUT2D eigenvalue weighted by Crippen LogP contribution is 2.50. The van der Waals surface area contributed by atoms with Gasteiger partial charge in [0.1, 0.15) is 11.2 Å². The van der Waals surface area contributed by atoms with Crippen LogP contribution in [0, 0.1) is 0 Å². The van der Waals surface area contributed by atoms with E-state index in [-0.39, 0.29) is 4.75 Å². The number of rotatable bonds is 9. The first-order chi connectivity index (χ1) is 18.2. The van der Waals surface area contributed by atoms with Crippen LogP contribution >= 0.6 is 11.8 Å². The fourth-order valence-electron chi connectivity index (χ4n) is 5.64. The molecule has 0 unspecified atom stereocenters. The maximum absolute atomic E-state index is 6.77. The molecule has 0 bridgehead atoms. The van der Waals surface area contributed by atoms with Crippen LogP contribution < -0.4 is 0 Å². The van der Waals surface area contributed by atoms with Gasteiger partial charge in [0.2, 0.25) is 0 Å². The van der Waals surface area contributed by atoms with Crippen LogP contribution in [0.2, 0.25) is 0 Å². The van der Waals surface area contributed by atoms with Crippen molar-refractivity contribution in [2.24, 2.45) is 0 Å². The molecule has 0 aliphatic heterocycles. The van der Waals surface area contributed by atoms with E-state index in [1.807, 2.05) is 31.0 Å². The molecule has 0 amide bonds. The van der Waals surface area contributed by atoms with Gasteiger partial charge in [0.05, 0.1) is 6.61 Å². The van der Waals surface area contributed by atoms with Gasteiger partial charge in [-0.05, 0) is 77.1 Å². The summed E-state index contributed by atoms with van der Waals surface area (Å²) in [6, 6.07) is 34.6. The Morgan fingerprint density at radius 2 is 1.21 bits per heavy atom. The van der Waals surface area contributed by atoms with E-state index >= 15 is 0 Å². The molecule has 1 aliphatic rings. The highest BCUT2D eigenvalue weighted by Gasteiger charge is 2.40. The van der Waals surface area contributed by atoms with E-state index in [0.29, 0.717) is 6.61 Å². The molecule has 2 nitrogen and oxygen atoms in total. The van der Waals surface area contributed by atoms with Crippen molar-refractivity contribution in [2.45, 2.75) is 56.7 Å². The van der Waals surface area contributed by atoms with Gasteiger partial charge in [0.15, 0.2) is 0 Å². The van der Waals surface area contributed by atoms with E-state index in [2.05, 4.69) is 119 Å². The first-order valence-corrected chi connectivity index (χ1v) is 14.6. The average molecular weight is 523 g/mol. The number of benzene rings is 4. The summed E-state index contributed by atoms with van der Waals surface area (Å²) in [5, 5.41) is 0. The number of ether oxygens (including phenoxy) is 2. The van der Waals surface area contributed by atoms with Crippen LogP contribution in [0.15, 0.2) is 97.1 Å². The molecule has 1 atom stereocenters. The summed E-state index contributed by atoms with van der Waals surface area (Å²) >= 11 is 1.91. The minimum atomic E-state index is -0.561. The van der Waals surface area contributed by atoms with E-state index in [0.717, 1.165) is 23.1 Å². The number of hydrogen-bond acceptors (Lipinski definition) is 3.